The molecule has 2 rings (SSSR count). The topological polar surface area (TPSA) is 20.3 Å². The van der Waals surface area contributed by atoms with Crippen LogP contribution in [0.5, 0.6) is 0 Å². The van der Waals surface area contributed by atoms with E-state index < -0.39 is 0 Å². The van der Waals surface area contributed by atoms with Crippen LogP contribution in [0.3, 0.4) is 0 Å². The van der Waals surface area contributed by atoms with E-state index in [1.54, 1.807) is 0 Å². The number of rotatable bonds is 2. The van der Waals surface area contributed by atoms with Gasteiger partial charge in [-0.25, -0.2) is 0 Å². The Labute approximate surface area is 73.2 Å². The molecule has 0 radical (unpaired) electrons. The largest absolute Gasteiger partial charge is 0.303 e. The van der Waals surface area contributed by atoms with Gasteiger partial charge in [0.2, 0.25) is 0 Å². The second-order valence-corrected chi connectivity index (χ2v) is 3.89. The van der Waals surface area contributed by atoms with Crippen LogP contribution in [0.15, 0.2) is 12.2 Å². The highest BCUT2D eigenvalue weighted by Crippen LogP contribution is 2.35. The minimum Gasteiger partial charge on any atom is -0.303 e. The molecule has 1 aliphatic carbocycles. The van der Waals surface area contributed by atoms with Crippen LogP contribution in [0.1, 0.15) is 19.3 Å². The molecule has 66 valence electrons. The molecule has 2 aliphatic rings. The van der Waals surface area contributed by atoms with Crippen molar-refractivity contribution < 1.29 is 4.79 Å². The molecule has 1 saturated carbocycles. The highest BCUT2D eigenvalue weighted by atomic mass is 16.1. The van der Waals surface area contributed by atoms with Crippen LogP contribution >= 0.6 is 0 Å². The van der Waals surface area contributed by atoms with Crippen LogP contribution in [0.25, 0.3) is 0 Å². The second-order valence-electron chi connectivity index (χ2n) is 3.89. The molecule has 1 heterocycles. The van der Waals surface area contributed by atoms with E-state index in [4.69, 9.17) is 0 Å². The average Bonchev–Trinajstić information content (AvgIpc) is 2.83. The molecule has 0 aromatic carbocycles. The Morgan fingerprint density at radius 1 is 1.42 bits per heavy atom. The molecule has 2 fully saturated rings. The van der Waals surface area contributed by atoms with Gasteiger partial charge in [-0.1, -0.05) is 12.2 Å². The van der Waals surface area contributed by atoms with Crippen molar-refractivity contribution in [2.24, 2.45) is 5.92 Å². The third-order valence-corrected chi connectivity index (χ3v) is 2.97. The maximum absolute atomic E-state index is 10.5. The quantitative estimate of drug-likeness (QED) is 0.453. The maximum Gasteiger partial charge on any atom is 0.123 e. The summed E-state index contributed by atoms with van der Waals surface area (Å²) in [6.45, 7) is 6.13. The smallest absolute Gasteiger partial charge is 0.123 e. The summed E-state index contributed by atoms with van der Waals surface area (Å²) in [4.78, 5) is 12.9. The fourth-order valence-corrected chi connectivity index (χ4v) is 1.94. The van der Waals surface area contributed by atoms with Crippen LogP contribution < -0.4 is 0 Å². The second kappa shape index (κ2) is 3.02. The van der Waals surface area contributed by atoms with Crippen LogP contribution in [-0.2, 0) is 4.79 Å². The number of piperidine rings is 1. The lowest BCUT2D eigenvalue weighted by Crippen LogP contribution is -2.35. The van der Waals surface area contributed by atoms with Crippen molar-refractivity contribution in [3.8, 4) is 0 Å². The van der Waals surface area contributed by atoms with Crippen LogP contribution in [0.2, 0.25) is 0 Å². The Balaban J connectivity index is 1.82. The highest BCUT2D eigenvalue weighted by molar-refractivity contribution is 5.53. The van der Waals surface area contributed by atoms with Gasteiger partial charge in [-0.2, -0.15) is 0 Å². The first-order valence-electron chi connectivity index (χ1n) is 4.68. The molecule has 0 spiro atoms. The average molecular weight is 165 g/mol. The Bertz CT molecular complexity index is 204. The minimum atomic E-state index is 0.327. The van der Waals surface area contributed by atoms with Crippen molar-refractivity contribution in [3.63, 3.8) is 0 Å². The van der Waals surface area contributed by atoms with E-state index >= 15 is 0 Å². The normalized spacial score (nSPS) is 32.0. The van der Waals surface area contributed by atoms with Gasteiger partial charge in [0.1, 0.15) is 6.29 Å². The molecule has 1 aliphatic heterocycles. The molecular formula is C10H15NO. The summed E-state index contributed by atoms with van der Waals surface area (Å²) in [5.74, 6) is 0.327. The Kier molecular flexibility index (Phi) is 2.01. The van der Waals surface area contributed by atoms with E-state index in [2.05, 4.69) is 11.5 Å². The Morgan fingerprint density at radius 3 is 2.42 bits per heavy atom. The number of carbonyl (C=O) groups is 1. The summed E-state index contributed by atoms with van der Waals surface area (Å²) >= 11 is 0. The van der Waals surface area contributed by atoms with Gasteiger partial charge in [0.25, 0.3) is 0 Å². The van der Waals surface area contributed by atoms with E-state index in [-0.39, 0.29) is 0 Å². The summed E-state index contributed by atoms with van der Waals surface area (Å²) in [6.07, 6.45) is 4.39. The number of likely N-dealkylation sites (tertiary alicyclic amines) is 1. The molecule has 12 heavy (non-hydrogen) atoms. The van der Waals surface area contributed by atoms with E-state index in [0.717, 1.165) is 32.2 Å². The fraction of sp³-hybridized carbons (Fsp3) is 0.700. The zero-order valence-electron chi connectivity index (χ0n) is 7.33. The van der Waals surface area contributed by atoms with E-state index in [1.165, 1.54) is 12.0 Å². The predicted octanol–water partition coefficient (Wildman–Crippen LogP) is 1.23. The molecule has 1 saturated heterocycles. The number of nitrogens with zero attached hydrogens (tertiary/aromatic N) is 1. The molecule has 1 atom stereocenters. The van der Waals surface area contributed by atoms with Gasteiger partial charge in [-0.15, -0.1) is 0 Å². The third-order valence-electron chi connectivity index (χ3n) is 2.97. The highest BCUT2D eigenvalue weighted by Gasteiger charge is 2.35. The number of carbonyl (C=O) groups excluding carboxylic acids is 1. The SMILES string of the molecule is C=C1CC1N1CCC(C=O)CC1. The first kappa shape index (κ1) is 7.99. The maximum atomic E-state index is 10.5. The molecule has 0 aromatic rings. The number of hydrogen-bond donors (Lipinski definition) is 0. The molecule has 2 nitrogen and oxygen atoms in total. The third kappa shape index (κ3) is 1.44. The fourth-order valence-electron chi connectivity index (χ4n) is 1.94. The molecule has 0 amide bonds. The van der Waals surface area contributed by atoms with Gasteiger partial charge >= 0.3 is 0 Å². The summed E-state index contributed by atoms with van der Waals surface area (Å²) in [7, 11) is 0. The van der Waals surface area contributed by atoms with Crippen molar-refractivity contribution in [2.75, 3.05) is 13.1 Å². The van der Waals surface area contributed by atoms with Crippen molar-refractivity contribution in [2.45, 2.75) is 25.3 Å². The monoisotopic (exact) mass is 165 g/mol. The predicted molar refractivity (Wildman–Crippen MR) is 47.9 cm³/mol. The van der Waals surface area contributed by atoms with Crippen LogP contribution in [-0.4, -0.2) is 30.3 Å². The minimum absolute atomic E-state index is 0.327. The lowest BCUT2D eigenvalue weighted by atomic mass is 9.98. The van der Waals surface area contributed by atoms with Crippen LogP contribution in [0, 0.1) is 5.92 Å². The standard InChI is InChI=1S/C10H15NO/c1-8-6-10(8)11-4-2-9(7-12)3-5-11/h7,9-10H,1-6H2. The van der Waals surface area contributed by atoms with Gasteiger partial charge in [0, 0.05) is 12.0 Å². The summed E-state index contributed by atoms with van der Waals surface area (Å²) in [5, 5.41) is 0. The van der Waals surface area contributed by atoms with Crippen LogP contribution in [0.4, 0.5) is 0 Å². The zero-order valence-corrected chi connectivity index (χ0v) is 7.33. The molecule has 1 unspecified atom stereocenters. The lowest BCUT2D eigenvalue weighted by Gasteiger charge is -2.29. The van der Waals surface area contributed by atoms with Crippen molar-refractivity contribution >= 4 is 6.29 Å². The van der Waals surface area contributed by atoms with Crippen molar-refractivity contribution in [3.05, 3.63) is 12.2 Å². The molecule has 2 heteroatoms. The van der Waals surface area contributed by atoms with E-state index in [1.807, 2.05) is 0 Å². The molecule has 0 aromatic heterocycles. The lowest BCUT2D eigenvalue weighted by molar-refractivity contribution is -0.112. The summed E-state index contributed by atoms with van der Waals surface area (Å²) in [5.41, 5.74) is 1.37. The van der Waals surface area contributed by atoms with Gasteiger partial charge in [0.05, 0.1) is 0 Å². The van der Waals surface area contributed by atoms with Crippen molar-refractivity contribution in [1.29, 1.82) is 0 Å². The first-order valence-corrected chi connectivity index (χ1v) is 4.68. The number of hydrogen-bond acceptors (Lipinski definition) is 2. The molecule has 0 N–H and O–H groups in total. The number of aldehydes is 1. The summed E-state index contributed by atoms with van der Waals surface area (Å²) in [6, 6.07) is 0.664. The zero-order chi connectivity index (χ0) is 8.55. The molecular weight excluding hydrogens is 150 g/mol. The van der Waals surface area contributed by atoms with Gasteiger partial charge in [0.15, 0.2) is 0 Å². The Hall–Kier alpha value is -0.630. The molecule has 0 bridgehead atoms. The van der Waals surface area contributed by atoms with Crippen molar-refractivity contribution in [1.82, 2.24) is 4.90 Å². The summed E-state index contributed by atoms with van der Waals surface area (Å²) < 4.78 is 0. The van der Waals surface area contributed by atoms with Gasteiger partial charge in [-0.05, 0) is 32.4 Å². The van der Waals surface area contributed by atoms with E-state index in [0.29, 0.717) is 12.0 Å². The van der Waals surface area contributed by atoms with E-state index in [9.17, 15) is 4.79 Å². The van der Waals surface area contributed by atoms with Gasteiger partial charge in [-0.3, -0.25) is 4.90 Å². The first-order chi connectivity index (χ1) is 5.81. The Morgan fingerprint density at radius 2 is 2.00 bits per heavy atom. The van der Waals surface area contributed by atoms with Gasteiger partial charge < -0.3 is 4.79 Å².